The highest BCUT2D eigenvalue weighted by atomic mass is 16.7. The number of pyridine rings is 1. The number of benzene rings is 1. The molecular formula is C28H36N2O4. The monoisotopic (exact) mass is 464 g/mol. The first-order chi connectivity index (χ1) is 16.5. The Morgan fingerprint density at radius 1 is 1.15 bits per heavy atom. The van der Waals surface area contributed by atoms with Gasteiger partial charge in [-0.25, -0.2) is 0 Å². The van der Waals surface area contributed by atoms with Gasteiger partial charge >= 0.3 is 0 Å². The van der Waals surface area contributed by atoms with Crippen LogP contribution in [-0.4, -0.2) is 40.8 Å². The van der Waals surface area contributed by atoms with Crippen molar-refractivity contribution in [2.75, 3.05) is 19.9 Å². The van der Waals surface area contributed by atoms with Crippen LogP contribution in [0.5, 0.6) is 5.75 Å². The highest BCUT2D eigenvalue weighted by molar-refractivity contribution is 5.86. The number of phenols is 1. The number of aromatic hydroxyl groups is 1. The molecule has 2 aromatic rings. The Morgan fingerprint density at radius 2 is 1.88 bits per heavy atom. The summed E-state index contributed by atoms with van der Waals surface area (Å²) >= 11 is 0. The van der Waals surface area contributed by atoms with Crippen molar-refractivity contribution in [3.05, 3.63) is 59.7 Å². The Labute approximate surface area is 202 Å². The summed E-state index contributed by atoms with van der Waals surface area (Å²) in [6.07, 6.45) is 8.02. The van der Waals surface area contributed by atoms with E-state index in [0.29, 0.717) is 18.3 Å². The molecule has 182 valence electrons. The first kappa shape index (κ1) is 24.1. The van der Waals surface area contributed by atoms with Gasteiger partial charge in [0.25, 0.3) is 0 Å². The average Bonchev–Trinajstić information content (AvgIpc) is 3.31. The summed E-state index contributed by atoms with van der Waals surface area (Å²) in [4.78, 5) is 20.1. The van der Waals surface area contributed by atoms with Gasteiger partial charge in [-0.1, -0.05) is 33.8 Å². The van der Waals surface area contributed by atoms with Crippen LogP contribution in [0.1, 0.15) is 58.4 Å². The number of hydrogen-bond donors (Lipinski definition) is 1. The fourth-order valence-corrected chi connectivity index (χ4v) is 5.55. The van der Waals surface area contributed by atoms with E-state index in [1.54, 1.807) is 12.3 Å². The van der Waals surface area contributed by atoms with E-state index in [1.807, 2.05) is 43.0 Å². The second-order valence-corrected chi connectivity index (χ2v) is 9.53. The summed E-state index contributed by atoms with van der Waals surface area (Å²) in [5.41, 5.74) is 1.50. The predicted octanol–water partition coefficient (Wildman–Crippen LogP) is 5.74. The van der Waals surface area contributed by atoms with Crippen molar-refractivity contribution in [3.8, 4) is 5.75 Å². The third-order valence-corrected chi connectivity index (χ3v) is 6.91. The number of hydrogen-bond acceptors (Lipinski definition) is 5. The fourth-order valence-electron chi connectivity index (χ4n) is 5.55. The zero-order valence-corrected chi connectivity index (χ0v) is 20.7. The van der Waals surface area contributed by atoms with Crippen molar-refractivity contribution in [2.24, 2.45) is 17.8 Å². The molecule has 4 unspecified atom stereocenters. The summed E-state index contributed by atoms with van der Waals surface area (Å²) in [5, 5.41) is 11.9. The van der Waals surface area contributed by atoms with Crippen LogP contribution in [0, 0.1) is 17.8 Å². The van der Waals surface area contributed by atoms with Crippen LogP contribution < -0.4 is 0 Å². The lowest BCUT2D eigenvalue weighted by Crippen LogP contribution is -2.43. The van der Waals surface area contributed by atoms with Crippen LogP contribution in [0.3, 0.4) is 0 Å². The van der Waals surface area contributed by atoms with E-state index in [0.717, 1.165) is 53.9 Å². The SMILES string of the molecule is CC.CC1CC(C)CN(C(=O)CC(c2c(O)ccc3cccnc23)C2C=C3OCOC3=CC2)C1. The molecule has 4 atom stereocenters. The van der Waals surface area contributed by atoms with E-state index >= 15 is 0 Å². The van der Waals surface area contributed by atoms with Gasteiger partial charge in [-0.2, -0.15) is 0 Å². The van der Waals surface area contributed by atoms with Gasteiger partial charge in [0.2, 0.25) is 12.7 Å². The number of rotatable bonds is 4. The van der Waals surface area contributed by atoms with Gasteiger partial charge in [0.15, 0.2) is 11.5 Å². The molecule has 1 N–H and O–H groups in total. The summed E-state index contributed by atoms with van der Waals surface area (Å²) in [6.45, 7) is 10.2. The largest absolute Gasteiger partial charge is 0.508 e. The average molecular weight is 465 g/mol. The highest BCUT2D eigenvalue weighted by Gasteiger charge is 2.35. The van der Waals surface area contributed by atoms with E-state index < -0.39 is 0 Å². The molecule has 3 aliphatic rings. The minimum absolute atomic E-state index is 0.00227. The molecule has 2 aliphatic heterocycles. The van der Waals surface area contributed by atoms with Crippen molar-refractivity contribution in [3.63, 3.8) is 0 Å². The molecule has 6 nitrogen and oxygen atoms in total. The van der Waals surface area contributed by atoms with Gasteiger partial charge in [-0.3, -0.25) is 9.78 Å². The number of fused-ring (bicyclic) bond motifs is 2. The summed E-state index contributed by atoms with van der Waals surface area (Å²) in [7, 11) is 0. The molecule has 0 radical (unpaired) electrons. The topological polar surface area (TPSA) is 71.9 Å². The van der Waals surface area contributed by atoms with Gasteiger partial charge in [-0.15, -0.1) is 0 Å². The number of nitrogens with zero attached hydrogens (tertiary/aromatic N) is 2. The van der Waals surface area contributed by atoms with Crippen molar-refractivity contribution in [2.45, 2.75) is 52.9 Å². The minimum Gasteiger partial charge on any atom is -0.508 e. The molecular weight excluding hydrogens is 428 g/mol. The smallest absolute Gasteiger partial charge is 0.231 e. The zero-order valence-electron chi connectivity index (χ0n) is 20.7. The van der Waals surface area contributed by atoms with E-state index in [2.05, 4.69) is 24.9 Å². The predicted molar refractivity (Wildman–Crippen MR) is 133 cm³/mol. The van der Waals surface area contributed by atoms with Crippen molar-refractivity contribution < 1.29 is 19.4 Å². The maximum atomic E-state index is 13.5. The molecule has 1 aromatic heterocycles. The number of ether oxygens (including phenoxy) is 2. The maximum Gasteiger partial charge on any atom is 0.231 e. The van der Waals surface area contributed by atoms with Crippen LogP contribution in [-0.2, 0) is 14.3 Å². The second-order valence-electron chi connectivity index (χ2n) is 9.53. The summed E-state index contributed by atoms with van der Waals surface area (Å²) < 4.78 is 11.2. The normalized spacial score (nSPS) is 24.6. The quantitative estimate of drug-likeness (QED) is 0.625. The lowest BCUT2D eigenvalue weighted by molar-refractivity contribution is -0.134. The Hall–Kier alpha value is -3.02. The molecule has 0 bridgehead atoms. The Bertz CT molecular complexity index is 1080. The number of carbonyl (C=O) groups is 1. The molecule has 0 spiro atoms. The number of likely N-dealkylation sites (tertiary alicyclic amines) is 1. The van der Waals surface area contributed by atoms with E-state index in [1.165, 1.54) is 0 Å². The third kappa shape index (κ3) is 4.91. The molecule has 2 saturated heterocycles. The standard InChI is InChI=1S/C26H30N2O4.C2H6/c1-16-10-17(2)14-28(13-16)24(30)12-20(19-6-8-22-23(11-19)32-15-31-22)25-21(29)7-5-18-4-3-9-27-26(18)25;1-2/h3-5,7-9,11,16-17,19-20,29H,6,10,12-15H2,1-2H3;1-2H3. The van der Waals surface area contributed by atoms with Gasteiger partial charge in [0, 0.05) is 42.6 Å². The number of amides is 1. The van der Waals surface area contributed by atoms with Crippen LogP contribution in [0.25, 0.3) is 10.9 Å². The van der Waals surface area contributed by atoms with Crippen LogP contribution in [0.15, 0.2) is 54.1 Å². The second kappa shape index (κ2) is 10.5. The maximum absolute atomic E-state index is 13.5. The van der Waals surface area contributed by atoms with Crippen LogP contribution >= 0.6 is 0 Å². The molecule has 1 aliphatic carbocycles. The van der Waals surface area contributed by atoms with Crippen molar-refractivity contribution in [1.82, 2.24) is 9.88 Å². The Balaban J connectivity index is 0.00000133. The van der Waals surface area contributed by atoms with Gasteiger partial charge in [-0.05, 0) is 60.9 Å². The van der Waals surface area contributed by atoms with Gasteiger partial charge in [0.1, 0.15) is 5.75 Å². The minimum atomic E-state index is -0.219. The summed E-state index contributed by atoms with van der Waals surface area (Å²) in [6, 6.07) is 7.47. The van der Waals surface area contributed by atoms with Crippen molar-refractivity contribution >= 4 is 16.8 Å². The molecule has 5 rings (SSSR count). The van der Waals surface area contributed by atoms with Gasteiger partial charge < -0.3 is 19.5 Å². The van der Waals surface area contributed by atoms with Crippen molar-refractivity contribution in [1.29, 1.82) is 0 Å². The number of aromatic nitrogens is 1. The molecule has 34 heavy (non-hydrogen) atoms. The van der Waals surface area contributed by atoms with Crippen LogP contribution in [0.2, 0.25) is 0 Å². The first-order valence-corrected chi connectivity index (χ1v) is 12.5. The Morgan fingerprint density at radius 3 is 2.65 bits per heavy atom. The Kier molecular flexibility index (Phi) is 7.44. The van der Waals surface area contributed by atoms with E-state index in [9.17, 15) is 9.90 Å². The zero-order chi connectivity index (χ0) is 24.2. The number of piperidine rings is 1. The third-order valence-electron chi connectivity index (χ3n) is 6.91. The van der Waals surface area contributed by atoms with E-state index in [-0.39, 0.29) is 30.3 Å². The molecule has 3 heterocycles. The lowest BCUT2D eigenvalue weighted by Gasteiger charge is -2.36. The van der Waals surface area contributed by atoms with Gasteiger partial charge in [0.05, 0.1) is 5.52 Å². The number of carbonyl (C=O) groups excluding carboxylic acids is 1. The molecule has 2 fully saturated rings. The molecule has 1 amide bonds. The molecule has 1 aromatic carbocycles. The fraction of sp³-hybridized carbons (Fsp3) is 0.500. The molecule has 0 saturated carbocycles. The summed E-state index contributed by atoms with van der Waals surface area (Å²) in [5.74, 6) is 2.60. The number of phenolic OH excluding ortho intramolecular Hbond substituents is 1. The highest BCUT2D eigenvalue weighted by Crippen LogP contribution is 2.44. The van der Waals surface area contributed by atoms with E-state index in [4.69, 9.17) is 9.47 Å². The number of allylic oxidation sites excluding steroid dienone is 2. The molecule has 6 heteroatoms. The first-order valence-electron chi connectivity index (χ1n) is 12.5. The van der Waals surface area contributed by atoms with Crippen LogP contribution in [0.4, 0.5) is 0 Å². The lowest BCUT2D eigenvalue weighted by atomic mass is 9.78.